The molecule has 2 aromatic rings. The highest BCUT2D eigenvalue weighted by Gasteiger charge is 2.36. The average Bonchev–Trinajstić information content (AvgIpc) is 3.09. The van der Waals surface area contributed by atoms with Crippen LogP contribution in [-0.2, 0) is 11.2 Å². The number of rotatable bonds is 3. The van der Waals surface area contributed by atoms with Crippen LogP contribution in [0.15, 0.2) is 30.5 Å². The number of benzene rings is 1. The van der Waals surface area contributed by atoms with Gasteiger partial charge in [0.1, 0.15) is 0 Å². The van der Waals surface area contributed by atoms with Gasteiger partial charge in [0.2, 0.25) is 5.91 Å². The fourth-order valence-electron chi connectivity index (χ4n) is 4.38. The van der Waals surface area contributed by atoms with Crippen LogP contribution in [0.5, 0.6) is 0 Å². The number of H-pyrrole nitrogens is 1. The van der Waals surface area contributed by atoms with Gasteiger partial charge in [-0.3, -0.25) is 9.69 Å². The standard InChI is InChI=1S/C20H25N3O.CH2Cl/c1-4-23(5-2)20(24)14-9-16-15-7-6-8-17-19(15)13(11-21-17)10-18(16)22(3)12-14;1-2/h6-9,11,14,18,21H,4-5,10,12H2,1-3H3;1H2/t14-,18-;/m1./s1. The van der Waals surface area contributed by atoms with Crippen molar-refractivity contribution in [2.45, 2.75) is 26.3 Å². The maximum Gasteiger partial charge on any atom is 0.230 e. The zero-order valence-electron chi connectivity index (χ0n) is 15.8. The van der Waals surface area contributed by atoms with Crippen molar-refractivity contribution >= 4 is 34.0 Å². The number of aromatic amines is 1. The Bertz CT molecular complexity index is 822. The predicted octanol–water partition coefficient (Wildman–Crippen LogP) is 3.92. The molecule has 1 aromatic heterocycles. The molecule has 1 aliphatic carbocycles. The number of hydrogen-bond donors (Lipinski definition) is 1. The minimum absolute atomic E-state index is 0.0445. The molecular weight excluding hydrogens is 346 g/mol. The number of aromatic nitrogens is 1. The number of carbonyl (C=O) groups is 1. The molecule has 2 atom stereocenters. The summed E-state index contributed by atoms with van der Waals surface area (Å²) in [5.74, 6) is 0.210. The Balaban J connectivity index is 0.000000948. The number of fused-ring (bicyclic) bond motifs is 2. The van der Waals surface area contributed by atoms with Gasteiger partial charge in [0.25, 0.3) is 0 Å². The molecule has 26 heavy (non-hydrogen) atoms. The van der Waals surface area contributed by atoms with Crippen LogP contribution in [0.4, 0.5) is 0 Å². The molecule has 2 heterocycles. The molecule has 5 heteroatoms. The molecule has 1 radical (unpaired) electrons. The Morgan fingerprint density at radius 1 is 1.35 bits per heavy atom. The lowest BCUT2D eigenvalue weighted by atomic mass is 9.79. The molecule has 1 aromatic carbocycles. The van der Waals surface area contributed by atoms with Crippen LogP contribution in [-0.4, -0.2) is 53.4 Å². The van der Waals surface area contributed by atoms with Crippen molar-refractivity contribution in [3.8, 4) is 0 Å². The molecule has 4 rings (SSSR count). The molecular formula is C21H27ClN3O. The third kappa shape index (κ3) is 3.06. The van der Waals surface area contributed by atoms with Crippen LogP contribution in [0.1, 0.15) is 25.0 Å². The number of nitrogens with one attached hydrogen (secondary N) is 1. The molecule has 1 aliphatic heterocycles. The van der Waals surface area contributed by atoms with Crippen LogP contribution in [0.2, 0.25) is 0 Å². The van der Waals surface area contributed by atoms with Crippen molar-refractivity contribution in [2.75, 3.05) is 26.7 Å². The van der Waals surface area contributed by atoms with Crippen molar-refractivity contribution in [1.82, 2.24) is 14.8 Å². The van der Waals surface area contributed by atoms with E-state index in [1.807, 2.05) is 4.90 Å². The lowest BCUT2D eigenvalue weighted by Gasteiger charge is -2.40. The highest BCUT2D eigenvalue weighted by atomic mass is 35.5. The first-order valence-electron chi connectivity index (χ1n) is 9.20. The quantitative estimate of drug-likeness (QED) is 0.886. The Morgan fingerprint density at radius 2 is 2.08 bits per heavy atom. The van der Waals surface area contributed by atoms with Gasteiger partial charge in [-0.25, -0.2) is 0 Å². The van der Waals surface area contributed by atoms with Gasteiger partial charge >= 0.3 is 0 Å². The number of carbonyl (C=O) groups excluding carboxylic acids is 1. The largest absolute Gasteiger partial charge is 0.361 e. The smallest absolute Gasteiger partial charge is 0.230 e. The summed E-state index contributed by atoms with van der Waals surface area (Å²) in [6.07, 6.45) is 8.13. The topological polar surface area (TPSA) is 39.3 Å². The predicted molar refractivity (Wildman–Crippen MR) is 109 cm³/mol. The monoisotopic (exact) mass is 372 g/mol. The van der Waals surface area contributed by atoms with Crippen LogP contribution in [0.3, 0.4) is 0 Å². The zero-order chi connectivity index (χ0) is 18.8. The fraction of sp³-hybridized carbons (Fsp3) is 0.429. The summed E-state index contributed by atoms with van der Waals surface area (Å²) < 4.78 is 0. The molecule has 1 amide bonds. The molecule has 0 saturated heterocycles. The number of nitrogens with zero attached hydrogens (tertiary/aromatic N) is 2. The lowest BCUT2D eigenvalue weighted by molar-refractivity contribution is -0.134. The van der Waals surface area contributed by atoms with E-state index in [0.717, 1.165) is 26.1 Å². The number of amides is 1. The average molecular weight is 373 g/mol. The van der Waals surface area contributed by atoms with E-state index in [2.05, 4.69) is 79.2 Å². The normalized spacial score (nSPS) is 21.5. The summed E-state index contributed by atoms with van der Waals surface area (Å²) in [5, 5.41) is 1.34. The fourth-order valence-corrected chi connectivity index (χ4v) is 4.38. The van der Waals surface area contributed by atoms with Crippen LogP contribution in [0.25, 0.3) is 16.5 Å². The first-order chi connectivity index (χ1) is 12.6. The number of halogens is 1. The van der Waals surface area contributed by atoms with Crippen molar-refractivity contribution < 1.29 is 4.79 Å². The highest BCUT2D eigenvalue weighted by molar-refractivity contribution is 6.19. The van der Waals surface area contributed by atoms with E-state index in [1.54, 1.807) is 0 Å². The SMILES string of the molecule is CCN(CC)C(=O)[C@@H]1C=C2c3cccc4[nH]cc(c34)C[C@H]2N(C)C1.[CH2]Cl. The second kappa shape index (κ2) is 7.85. The second-order valence-corrected chi connectivity index (χ2v) is 6.94. The van der Waals surface area contributed by atoms with Crippen LogP contribution < -0.4 is 0 Å². The Labute approximate surface area is 160 Å². The van der Waals surface area contributed by atoms with E-state index in [9.17, 15) is 4.79 Å². The van der Waals surface area contributed by atoms with E-state index >= 15 is 0 Å². The van der Waals surface area contributed by atoms with Crippen molar-refractivity contribution in [3.63, 3.8) is 0 Å². The summed E-state index contributed by atoms with van der Waals surface area (Å²) >= 11 is 4.39. The molecule has 0 unspecified atom stereocenters. The van der Waals surface area contributed by atoms with Crippen LogP contribution in [0, 0.1) is 12.3 Å². The van der Waals surface area contributed by atoms with Crippen molar-refractivity contribution in [2.24, 2.45) is 5.92 Å². The Kier molecular flexibility index (Phi) is 5.73. The van der Waals surface area contributed by atoms with Gasteiger partial charge in [0.15, 0.2) is 0 Å². The molecule has 1 N–H and O–H groups in total. The Morgan fingerprint density at radius 3 is 2.77 bits per heavy atom. The van der Waals surface area contributed by atoms with Gasteiger partial charge in [0.05, 0.1) is 5.92 Å². The third-order valence-corrected chi connectivity index (χ3v) is 5.66. The first kappa shape index (κ1) is 19.0. The first-order valence-corrected chi connectivity index (χ1v) is 9.74. The summed E-state index contributed by atoms with van der Waals surface area (Å²) in [7, 11) is 2.15. The number of likely N-dealkylation sites (N-methyl/N-ethyl adjacent to an activating group) is 1. The maximum atomic E-state index is 12.9. The van der Waals surface area contributed by atoms with Crippen LogP contribution >= 0.6 is 11.6 Å². The minimum atomic E-state index is -0.0445. The van der Waals surface area contributed by atoms with Crippen molar-refractivity contribution in [1.29, 1.82) is 0 Å². The summed E-state index contributed by atoms with van der Waals surface area (Å²) in [4.78, 5) is 20.6. The molecule has 0 bridgehead atoms. The maximum absolute atomic E-state index is 12.9. The summed E-state index contributed by atoms with van der Waals surface area (Å²) in [6, 6.07) is 6.82. The second-order valence-electron chi connectivity index (χ2n) is 6.94. The van der Waals surface area contributed by atoms with E-state index in [0.29, 0.717) is 6.04 Å². The van der Waals surface area contributed by atoms with Crippen molar-refractivity contribution in [3.05, 3.63) is 48.0 Å². The molecule has 2 aliphatic rings. The zero-order valence-corrected chi connectivity index (χ0v) is 16.5. The van der Waals surface area contributed by atoms with Gasteiger partial charge in [-0.1, -0.05) is 18.2 Å². The Hall–Kier alpha value is -1.78. The van der Waals surface area contributed by atoms with Gasteiger partial charge < -0.3 is 9.88 Å². The van der Waals surface area contributed by atoms with Gasteiger partial charge in [-0.2, -0.15) is 0 Å². The van der Waals surface area contributed by atoms with E-state index in [1.165, 1.54) is 27.6 Å². The molecule has 0 spiro atoms. The highest BCUT2D eigenvalue weighted by Crippen LogP contribution is 2.40. The number of hydrogen-bond acceptors (Lipinski definition) is 2. The molecule has 4 nitrogen and oxygen atoms in total. The minimum Gasteiger partial charge on any atom is -0.361 e. The molecule has 0 saturated carbocycles. The van der Waals surface area contributed by atoms with Gasteiger partial charge in [-0.05, 0) is 50.1 Å². The van der Waals surface area contributed by atoms with E-state index in [-0.39, 0.29) is 11.8 Å². The van der Waals surface area contributed by atoms with E-state index < -0.39 is 0 Å². The van der Waals surface area contributed by atoms with Gasteiger partial charge in [0, 0.05) is 49.2 Å². The van der Waals surface area contributed by atoms with E-state index in [4.69, 9.17) is 0 Å². The van der Waals surface area contributed by atoms with Gasteiger partial charge in [-0.15, -0.1) is 11.6 Å². The molecule has 139 valence electrons. The lowest BCUT2D eigenvalue weighted by Crippen LogP contribution is -2.47. The third-order valence-electron chi connectivity index (χ3n) is 5.66. The summed E-state index contributed by atoms with van der Waals surface area (Å²) in [6.45, 7) is 6.47. The summed E-state index contributed by atoms with van der Waals surface area (Å²) in [5.41, 5.74) is 5.21. The molecule has 0 fully saturated rings.